The number of pyridine rings is 1. The van der Waals surface area contributed by atoms with Gasteiger partial charge in [0.1, 0.15) is 5.82 Å². The molecule has 2 nitrogen and oxygen atoms in total. The van der Waals surface area contributed by atoms with Crippen molar-refractivity contribution in [2.75, 3.05) is 0 Å². The van der Waals surface area contributed by atoms with E-state index in [0.29, 0.717) is 11.5 Å². The topological polar surface area (TPSA) is 38.9 Å². The smallest absolute Gasteiger partial charge is 0.144 e. The van der Waals surface area contributed by atoms with Gasteiger partial charge in [-0.1, -0.05) is 0 Å². The summed E-state index contributed by atoms with van der Waals surface area (Å²) in [7, 11) is 0. The van der Waals surface area contributed by atoms with Crippen LogP contribution in [0.2, 0.25) is 0 Å². The first-order chi connectivity index (χ1) is 6.18. The number of nitrogens with zero attached hydrogens (tertiary/aromatic N) is 1. The first kappa shape index (κ1) is 11.4. The van der Waals surface area contributed by atoms with Crippen molar-refractivity contribution in [3.8, 4) is 0 Å². The van der Waals surface area contributed by atoms with Crippen molar-refractivity contribution in [2.24, 2.45) is 11.7 Å². The van der Waals surface area contributed by atoms with Gasteiger partial charge in [0.05, 0.1) is 11.9 Å². The number of nitrogens with two attached hydrogens (primary N) is 1. The molecule has 2 N–H and O–H groups in total. The highest BCUT2D eigenvalue weighted by molar-refractivity contribution is 5.85. The molecular weight excluding hydrogens is 203 g/mol. The van der Waals surface area contributed by atoms with Crippen LogP contribution in [0, 0.1) is 18.7 Å². The Morgan fingerprint density at radius 1 is 1.57 bits per heavy atom. The molecule has 2 rings (SSSR count). The molecular formula is C10H14ClFN2. The van der Waals surface area contributed by atoms with Crippen molar-refractivity contribution in [1.29, 1.82) is 0 Å². The molecule has 1 aromatic rings. The van der Waals surface area contributed by atoms with E-state index in [1.807, 2.05) is 0 Å². The van der Waals surface area contributed by atoms with Gasteiger partial charge < -0.3 is 5.73 Å². The molecule has 1 saturated carbocycles. The Morgan fingerprint density at radius 3 is 2.71 bits per heavy atom. The van der Waals surface area contributed by atoms with E-state index >= 15 is 0 Å². The van der Waals surface area contributed by atoms with E-state index in [1.54, 1.807) is 13.0 Å². The van der Waals surface area contributed by atoms with Gasteiger partial charge in [-0.2, -0.15) is 0 Å². The highest BCUT2D eigenvalue weighted by Crippen LogP contribution is 2.38. The number of aryl methyl sites for hydroxylation is 1. The molecule has 0 spiro atoms. The molecule has 1 aliphatic rings. The van der Waals surface area contributed by atoms with Crippen LogP contribution in [0.1, 0.15) is 30.1 Å². The average molecular weight is 217 g/mol. The number of rotatable bonds is 2. The minimum atomic E-state index is -0.258. The summed E-state index contributed by atoms with van der Waals surface area (Å²) < 4.78 is 12.9. The summed E-state index contributed by atoms with van der Waals surface area (Å²) in [4.78, 5) is 4.00. The molecule has 1 atom stereocenters. The first-order valence-electron chi connectivity index (χ1n) is 4.56. The summed E-state index contributed by atoms with van der Waals surface area (Å²) >= 11 is 0. The molecule has 78 valence electrons. The van der Waals surface area contributed by atoms with Crippen LogP contribution < -0.4 is 5.73 Å². The Labute approximate surface area is 89.1 Å². The number of hydrogen-bond donors (Lipinski definition) is 1. The van der Waals surface area contributed by atoms with Gasteiger partial charge in [0.2, 0.25) is 0 Å². The molecule has 1 fully saturated rings. The lowest BCUT2D eigenvalue weighted by atomic mass is 10.1. The van der Waals surface area contributed by atoms with E-state index in [1.165, 1.54) is 19.0 Å². The Hall–Kier alpha value is -0.670. The predicted molar refractivity (Wildman–Crippen MR) is 55.8 cm³/mol. The first-order valence-corrected chi connectivity index (χ1v) is 4.56. The van der Waals surface area contributed by atoms with Crippen LogP contribution >= 0.6 is 12.4 Å². The molecule has 0 aliphatic heterocycles. The summed E-state index contributed by atoms with van der Waals surface area (Å²) in [6.45, 7) is 1.74. The second-order valence-corrected chi connectivity index (χ2v) is 3.72. The third-order valence-corrected chi connectivity index (χ3v) is 2.54. The Bertz CT molecular complexity index is 326. The predicted octanol–water partition coefficient (Wildman–Crippen LogP) is 2.36. The summed E-state index contributed by atoms with van der Waals surface area (Å²) in [6, 6.07) is 1.75. The third kappa shape index (κ3) is 2.22. The van der Waals surface area contributed by atoms with Gasteiger partial charge in [0, 0.05) is 6.04 Å². The monoisotopic (exact) mass is 216 g/mol. The largest absolute Gasteiger partial charge is 0.322 e. The molecule has 0 unspecified atom stereocenters. The normalized spacial score (nSPS) is 17.4. The fourth-order valence-corrected chi connectivity index (χ4v) is 1.44. The van der Waals surface area contributed by atoms with E-state index in [9.17, 15) is 4.39 Å². The maximum Gasteiger partial charge on any atom is 0.144 e. The fraction of sp³-hybridized carbons (Fsp3) is 0.500. The second-order valence-electron chi connectivity index (χ2n) is 3.72. The van der Waals surface area contributed by atoms with E-state index < -0.39 is 0 Å². The quantitative estimate of drug-likeness (QED) is 0.825. The van der Waals surface area contributed by atoms with E-state index in [-0.39, 0.29) is 24.3 Å². The van der Waals surface area contributed by atoms with Gasteiger partial charge in [0.25, 0.3) is 0 Å². The van der Waals surface area contributed by atoms with Gasteiger partial charge in [-0.25, -0.2) is 4.39 Å². The lowest BCUT2D eigenvalue weighted by Crippen LogP contribution is -2.14. The fourth-order valence-electron chi connectivity index (χ4n) is 1.44. The molecule has 0 amide bonds. The van der Waals surface area contributed by atoms with Crippen molar-refractivity contribution >= 4 is 12.4 Å². The summed E-state index contributed by atoms with van der Waals surface area (Å²) in [5, 5.41) is 0. The molecule has 1 aromatic heterocycles. The average Bonchev–Trinajstić information content (AvgIpc) is 2.91. The van der Waals surface area contributed by atoms with Crippen molar-refractivity contribution in [3.05, 3.63) is 29.3 Å². The lowest BCUT2D eigenvalue weighted by Gasteiger charge is -2.09. The minimum absolute atomic E-state index is 0. The van der Waals surface area contributed by atoms with Crippen LogP contribution in [0.3, 0.4) is 0 Å². The summed E-state index contributed by atoms with van der Waals surface area (Å²) in [5.41, 5.74) is 7.38. The molecule has 1 heterocycles. The van der Waals surface area contributed by atoms with Crippen LogP contribution in [0.4, 0.5) is 4.39 Å². The number of halogens is 2. The SMILES string of the molecule is Cc1cc([C@@H](N)C2CC2)ncc1F.Cl. The van der Waals surface area contributed by atoms with Crippen LogP contribution in [-0.2, 0) is 0 Å². The highest BCUT2D eigenvalue weighted by Gasteiger charge is 2.30. The summed E-state index contributed by atoms with van der Waals surface area (Å²) in [5.74, 6) is 0.309. The number of hydrogen-bond acceptors (Lipinski definition) is 2. The maximum absolute atomic E-state index is 12.9. The standard InChI is InChI=1S/C10H13FN2.ClH/c1-6-4-9(13-5-8(6)11)10(12)7-2-3-7;/h4-5,7,10H,2-3,12H2,1H3;1H/t10-;/m0./s1. The van der Waals surface area contributed by atoms with E-state index in [2.05, 4.69) is 4.98 Å². The van der Waals surface area contributed by atoms with Gasteiger partial charge in [-0.3, -0.25) is 4.98 Å². The third-order valence-electron chi connectivity index (χ3n) is 2.54. The Kier molecular flexibility index (Phi) is 3.45. The van der Waals surface area contributed by atoms with Crippen LogP contribution in [0.25, 0.3) is 0 Å². The maximum atomic E-state index is 12.9. The minimum Gasteiger partial charge on any atom is -0.322 e. The van der Waals surface area contributed by atoms with Gasteiger partial charge >= 0.3 is 0 Å². The molecule has 0 radical (unpaired) electrons. The zero-order valence-electron chi connectivity index (χ0n) is 8.03. The number of aromatic nitrogens is 1. The molecule has 4 heteroatoms. The van der Waals surface area contributed by atoms with Gasteiger partial charge in [-0.05, 0) is 37.3 Å². The zero-order chi connectivity index (χ0) is 9.42. The summed E-state index contributed by atoms with van der Waals surface area (Å²) in [6.07, 6.45) is 3.62. The van der Waals surface area contributed by atoms with Crippen molar-refractivity contribution < 1.29 is 4.39 Å². The highest BCUT2D eigenvalue weighted by atomic mass is 35.5. The zero-order valence-corrected chi connectivity index (χ0v) is 8.85. The van der Waals surface area contributed by atoms with Crippen molar-refractivity contribution in [3.63, 3.8) is 0 Å². The van der Waals surface area contributed by atoms with Gasteiger partial charge in [0.15, 0.2) is 0 Å². The second kappa shape index (κ2) is 4.24. The van der Waals surface area contributed by atoms with Crippen LogP contribution in [0.5, 0.6) is 0 Å². The van der Waals surface area contributed by atoms with Crippen LogP contribution in [0.15, 0.2) is 12.3 Å². The van der Waals surface area contributed by atoms with Crippen LogP contribution in [-0.4, -0.2) is 4.98 Å². The van der Waals surface area contributed by atoms with E-state index in [4.69, 9.17) is 5.73 Å². The molecule has 1 aliphatic carbocycles. The van der Waals surface area contributed by atoms with E-state index in [0.717, 1.165) is 5.69 Å². The molecule has 14 heavy (non-hydrogen) atoms. The molecule has 0 saturated heterocycles. The Balaban J connectivity index is 0.000000980. The van der Waals surface area contributed by atoms with Gasteiger partial charge in [-0.15, -0.1) is 12.4 Å². The van der Waals surface area contributed by atoms with Crippen molar-refractivity contribution in [1.82, 2.24) is 4.98 Å². The van der Waals surface area contributed by atoms with Crippen molar-refractivity contribution in [2.45, 2.75) is 25.8 Å². The molecule has 0 bridgehead atoms. The lowest BCUT2D eigenvalue weighted by molar-refractivity contribution is 0.585. The Morgan fingerprint density at radius 2 is 2.21 bits per heavy atom. The molecule has 0 aromatic carbocycles.